The number of aryl methyl sites for hydroxylation is 1. The summed E-state index contributed by atoms with van der Waals surface area (Å²) in [7, 11) is 0. The molecule has 0 radical (unpaired) electrons. The lowest BCUT2D eigenvalue weighted by atomic mass is 10.1. The van der Waals surface area contributed by atoms with Crippen LogP contribution in [0.25, 0.3) is 0 Å². The van der Waals surface area contributed by atoms with Gasteiger partial charge in [0.05, 0.1) is 0 Å². The fourth-order valence-corrected chi connectivity index (χ4v) is 2.00. The summed E-state index contributed by atoms with van der Waals surface area (Å²) < 4.78 is 30.0. The van der Waals surface area contributed by atoms with Crippen LogP contribution in [0.2, 0.25) is 0 Å². The third-order valence-electron chi connectivity index (χ3n) is 2.40. The minimum absolute atomic E-state index is 0.129. The van der Waals surface area contributed by atoms with E-state index >= 15 is 0 Å². The molecule has 0 aliphatic heterocycles. The van der Waals surface area contributed by atoms with Crippen molar-refractivity contribution in [2.24, 2.45) is 0 Å². The van der Waals surface area contributed by atoms with Crippen molar-refractivity contribution in [3.63, 3.8) is 0 Å². The highest BCUT2D eigenvalue weighted by molar-refractivity contribution is 7.09. The average molecular weight is 283 g/mol. The van der Waals surface area contributed by atoms with E-state index in [9.17, 15) is 13.6 Å². The molecule has 100 valence electrons. The largest absolute Gasteiger partial charge is 0.297 e. The molecule has 19 heavy (non-hydrogen) atoms. The van der Waals surface area contributed by atoms with Crippen molar-refractivity contribution < 1.29 is 13.6 Å². The molecule has 0 saturated carbocycles. The number of carbonyl (C=O) groups is 1. The quantitative estimate of drug-likeness (QED) is 0.941. The highest BCUT2D eigenvalue weighted by Gasteiger charge is 2.24. The number of nitrogens with one attached hydrogen (secondary N) is 1. The molecule has 2 aromatic rings. The van der Waals surface area contributed by atoms with Crippen molar-refractivity contribution in [1.82, 2.24) is 9.36 Å². The second-order valence-corrected chi connectivity index (χ2v) is 4.82. The van der Waals surface area contributed by atoms with Crippen molar-refractivity contribution in [2.75, 3.05) is 5.32 Å². The van der Waals surface area contributed by atoms with E-state index in [4.69, 9.17) is 0 Å². The van der Waals surface area contributed by atoms with E-state index in [-0.39, 0.29) is 5.56 Å². The van der Waals surface area contributed by atoms with Gasteiger partial charge in [0.25, 0.3) is 11.8 Å². The van der Waals surface area contributed by atoms with Gasteiger partial charge in [-0.25, -0.2) is 13.8 Å². The van der Waals surface area contributed by atoms with Crippen molar-refractivity contribution in [3.05, 3.63) is 41.2 Å². The van der Waals surface area contributed by atoms with Crippen LogP contribution in [0.3, 0.4) is 0 Å². The van der Waals surface area contributed by atoms with Gasteiger partial charge >= 0.3 is 0 Å². The Morgan fingerprint density at radius 3 is 2.42 bits per heavy atom. The predicted octanol–water partition coefficient (Wildman–Crippen LogP) is 3.21. The smallest absolute Gasteiger partial charge is 0.270 e. The molecule has 1 aromatic heterocycles. The number of benzene rings is 1. The summed E-state index contributed by atoms with van der Waals surface area (Å²) in [5.41, 5.74) is 0.164. The summed E-state index contributed by atoms with van der Waals surface area (Å²) in [4.78, 5) is 15.8. The highest BCUT2D eigenvalue weighted by atomic mass is 32.1. The van der Waals surface area contributed by atoms with Crippen LogP contribution >= 0.6 is 11.5 Å². The fourth-order valence-electron chi connectivity index (χ4n) is 1.43. The second-order valence-electron chi connectivity index (χ2n) is 4.07. The highest BCUT2D eigenvalue weighted by Crippen LogP contribution is 2.26. The maximum atomic E-state index is 13.0. The maximum Gasteiger partial charge on any atom is 0.270 e. The van der Waals surface area contributed by atoms with E-state index < -0.39 is 11.8 Å². The first-order chi connectivity index (χ1) is 8.86. The van der Waals surface area contributed by atoms with E-state index in [1.54, 1.807) is 6.92 Å². The predicted molar refractivity (Wildman–Crippen MR) is 68.6 cm³/mol. The molecule has 0 spiro atoms. The van der Waals surface area contributed by atoms with Crippen LogP contribution in [0, 0.1) is 6.92 Å². The zero-order valence-corrected chi connectivity index (χ0v) is 11.1. The van der Waals surface area contributed by atoms with Crippen molar-refractivity contribution >= 4 is 22.6 Å². The maximum absolute atomic E-state index is 13.0. The Balaban J connectivity index is 2.12. The molecule has 1 aromatic carbocycles. The third-order valence-corrected chi connectivity index (χ3v) is 3.12. The number of nitrogens with zero attached hydrogens (tertiary/aromatic N) is 2. The molecular weight excluding hydrogens is 272 g/mol. The van der Waals surface area contributed by atoms with Crippen molar-refractivity contribution in [2.45, 2.75) is 19.8 Å². The van der Waals surface area contributed by atoms with E-state index in [0.29, 0.717) is 16.5 Å². The molecule has 0 atom stereocenters. The molecule has 0 fully saturated rings. The van der Waals surface area contributed by atoms with E-state index in [0.717, 1.165) is 18.5 Å². The Kier molecular flexibility index (Phi) is 3.57. The van der Waals surface area contributed by atoms with Gasteiger partial charge in [0.15, 0.2) is 0 Å². The van der Waals surface area contributed by atoms with Gasteiger partial charge in [-0.3, -0.25) is 10.1 Å². The number of rotatable bonds is 3. The molecule has 0 aliphatic carbocycles. The van der Waals surface area contributed by atoms with Crippen molar-refractivity contribution in [1.29, 1.82) is 0 Å². The first kappa shape index (κ1) is 13.5. The number of anilines is 1. The Hall–Kier alpha value is -1.89. The minimum atomic E-state index is -2.91. The Morgan fingerprint density at radius 2 is 1.95 bits per heavy atom. The topological polar surface area (TPSA) is 54.9 Å². The lowest BCUT2D eigenvalue weighted by molar-refractivity contribution is 0.0174. The summed E-state index contributed by atoms with van der Waals surface area (Å²) >= 11 is 1.07. The summed E-state index contributed by atoms with van der Waals surface area (Å²) in [6, 6.07) is 5.19. The first-order valence-electron chi connectivity index (χ1n) is 5.46. The molecule has 7 heteroatoms. The molecule has 1 amide bonds. The van der Waals surface area contributed by atoms with Gasteiger partial charge in [0.1, 0.15) is 5.82 Å². The Labute approximate surface area is 112 Å². The number of halogens is 2. The molecule has 0 unspecified atom stereocenters. The zero-order valence-electron chi connectivity index (χ0n) is 10.3. The van der Waals surface area contributed by atoms with Crippen LogP contribution in [0.4, 0.5) is 13.9 Å². The number of hydrogen-bond acceptors (Lipinski definition) is 4. The molecule has 1 heterocycles. The lowest BCUT2D eigenvalue weighted by Crippen LogP contribution is -2.13. The number of amides is 1. The minimum Gasteiger partial charge on any atom is -0.297 e. The summed E-state index contributed by atoms with van der Waals surface area (Å²) in [6.07, 6.45) is 0. The first-order valence-corrected chi connectivity index (χ1v) is 6.23. The molecule has 0 aliphatic rings. The SMILES string of the molecule is Cc1nsc(NC(=O)c2ccc(C(C)(F)F)cc2)n1. The average Bonchev–Trinajstić information content (AvgIpc) is 2.74. The van der Waals surface area contributed by atoms with Crippen LogP contribution in [-0.4, -0.2) is 15.3 Å². The van der Waals surface area contributed by atoms with Crippen LogP contribution in [0.5, 0.6) is 0 Å². The van der Waals surface area contributed by atoms with Gasteiger partial charge in [-0.05, 0) is 19.1 Å². The molecule has 1 N–H and O–H groups in total. The Bertz CT molecular complexity index is 590. The monoisotopic (exact) mass is 283 g/mol. The van der Waals surface area contributed by atoms with E-state index in [1.807, 2.05) is 0 Å². The zero-order chi connectivity index (χ0) is 14.0. The summed E-state index contributed by atoms with van der Waals surface area (Å²) in [5.74, 6) is -2.74. The fraction of sp³-hybridized carbons (Fsp3) is 0.250. The molecular formula is C12H11F2N3OS. The van der Waals surface area contributed by atoms with Crippen LogP contribution < -0.4 is 5.32 Å². The number of hydrogen-bond donors (Lipinski definition) is 1. The Morgan fingerprint density at radius 1 is 1.32 bits per heavy atom. The van der Waals surface area contributed by atoms with Gasteiger partial charge in [-0.1, -0.05) is 12.1 Å². The lowest BCUT2D eigenvalue weighted by Gasteiger charge is -2.10. The molecule has 0 saturated heterocycles. The van der Waals surface area contributed by atoms with Crippen LogP contribution in [-0.2, 0) is 5.92 Å². The number of alkyl halides is 2. The normalized spacial score (nSPS) is 11.4. The summed E-state index contributed by atoms with van der Waals surface area (Å²) in [5, 5.41) is 2.94. The van der Waals surface area contributed by atoms with E-state index in [1.165, 1.54) is 24.3 Å². The second kappa shape index (κ2) is 5.00. The summed E-state index contributed by atoms with van der Waals surface area (Å²) in [6.45, 7) is 2.52. The van der Waals surface area contributed by atoms with Crippen molar-refractivity contribution in [3.8, 4) is 0 Å². The van der Waals surface area contributed by atoms with Gasteiger partial charge in [-0.15, -0.1) is 0 Å². The van der Waals surface area contributed by atoms with Gasteiger partial charge < -0.3 is 0 Å². The van der Waals surface area contributed by atoms with Crippen LogP contribution in [0.1, 0.15) is 28.7 Å². The number of carbonyl (C=O) groups excluding carboxylic acids is 1. The molecule has 2 rings (SSSR count). The molecule has 0 bridgehead atoms. The van der Waals surface area contributed by atoms with Gasteiger partial charge in [-0.2, -0.15) is 4.37 Å². The third kappa shape index (κ3) is 3.31. The van der Waals surface area contributed by atoms with E-state index in [2.05, 4.69) is 14.7 Å². The number of aromatic nitrogens is 2. The molecule has 4 nitrogen and oxygen atoms in total. The van der Waals surface area contributed by atoms with Crippen LogP contribution in [0.15, 0.2) is 24.3 Å². The van der Waals surface area contributed by atoms with Gasteiger partial charge in [0.2, 0.25) is 5.13 Å². The van der Waals surface area contributed by atoms with Gasteiger partial charge in [0, 0.05) is 29.6 Å². The standard InChI is InChI=1S/C12H11F2N3OS/c1-7-15-11(19-17-7)16-10(18)8-3-5-9(6-4-8)12(2,13)14/h3-6H,1-2H3,(H,15,16,17,18).